The zero-order chi connectivity index (χ0) is 14.8. The molecule has 0 spiro atoms. The Balaban J connectivity index is 1.74. The molecular formula is C16H13FO3S. The van der Waals surface area contributed by atoms with Crippen LogP contribution in [-0.2, 0) is 0 Å². The molecule has 108 valence electrons. The predicted octanol–water partition coefficient (Wildman–Crippen LogP) is 3.79. The highest BCUT2D eigenvalue weighted by Crippen LogP contribution is 2.37. The highest BCUT2D eigenvalue weighted by Gasteiger charge is 2.24. The van der Waals surface area contributed by atoms with Gasteiger partial charge in [0.15, 0.2) is 0 Å². The van der Waals surface area contributed by atoms with Crippen LogP contribution in [0, 0.1) is 5.82 Å². The maximum absolute atomic E-state index is 13.8. The summed E-state index contributed by atoms with van der Waals surface area (Å²) in [5.74, 6) is 0.280. The Bertz CT molecular complexity index is 687. The Morgan fingerprint density at radius 3 is 2.95 bits per heavy atom. The van der Waals surface area contributed by atoms with Gasteiger partial charge in [-0.1, -0.05) is 18.2 Å². The molecule has 0 saturated carbocycles. The molecule has 2 aromatic carbocycles. The average Bonchev–Trinajstić information content (AvgIpc) is 2.89. The van der Waals surface area contributed by atoms with Gasteiger partial charge in [-0.3, -0.25) is 0 Å². The summed E-state index contributed by atoms with van der Waals surface area (Å²) < 4.78 is 19.3. The van der Waals surface area contributed by atoms with Gasteiger partial charge in [0, 0.05) is 22.1 Å². The van der Waals surface area contributed by atoms with Gasteiger partial charge >= 0.3 is 5.97 Å². The van der Waals surface area contributed by atoms with Crippen molar-refractivity contribution in [3.8, 4) is 5.75 Å². The first-order chi connectivity index (χ1) is 10.1. The molecule has 0 fully saturated rings. The normalized spacial score (nSPS) is 16.3. The molecule has 0 bridgehead atoms. The molecule has 0 saturated heterocycles. The van der Waals surface area contributed by atoms with Crippen LogP contribution < -0.4 is 4.74 Å². The molecule has 3 rings (SSSR count). The summed E-state index contributed by atoms with van der Waals surface area (Å²) >= 11 is 1.32. The van der Waals surface area contributed by atoms with Gasteiger partial charge in [0.05, 0.1) is 12.2 Å². The summed E-state index contributed by atoms with van der Waals surface area (Å²) in [5, 5.41) is 8.96. The molecule has 1 N–H and O–H groups in total. The molecule has 0 aliphatic carbocycles. The summed E-state index contributed by atoms with van der Waals surface area (Å²) in [4.78, 5) is 11.3. The third kappa shape index (κ3) is 2.88. The van der Waals surface area contributed by atoms with Gasteiger partial charge in [-0.05, 0) is 24.3 Å². The molecule has 1 heterocycles. The van der Waals surface area contributed by atoms with E-state index >= 15 is 0 Å². The fourth-order valence-corrected chi connectivity index (χ4v) is 3.38. The zero-order valence-corrected chi connectivity index (χ0v) is 11.9. The Morgan fingerprint density at radius 1 is 1.33 bits per heavy atom. The Labute approximate surface area is 125 Å². The van der Waals surface area contributed by atoms with Crippen LogP contribution in [0.15, 0.2) is 47.4 Å². The standard InChI is InChI=1S/C16H13FO3S/c17-13-6-5-10(16(18)19)7-15(13)21-9-11-8-20-14-4-2-1-3-12(11)14/h1-7,11H,8-9H2,(H,18,19). The number of carboxylic acid groups (broad SMARTS) is 1. The number of carbonyl (C=O) groups is 1. The molecular weight excluding hydrogens is 291 g/mol. The van der Waals surface area contributed by atoms with Crippen LogP contribution in [0.3, 0.4) is 0 Å². The molecule has 3 nitrogen and oxygen atoms in total. The van der Waals surface area contributed by atoms with Gasteiger partial charge in [-0.2, -0.15) is 0 Å². The van der Waals surface area contributed by atoms with E-state index in [1.807, 2.05) is 24.3 Å². The summed E-state index contributed by atoms with van der Waals surface area (Å²) in [6, 6.07) is 11.7. The quantitative estimate of drug-likeness (QED) is 0.873. The van der Waals surface area contributed by atoms with E-state index < -0.39 is 11.8 Å². The Morgan fingerprint density at radius 2 is 2.14 bits per heavy atom. The Kier molecular flexibility index (Phi) is 3.84. The number of aromatic carboxylic acids is 1. The second kappa shape index (κ2) is 5.77. The molecule has 21 heavy (non-hydrogen) atoms. The van der Waals surface area contributed by atoms with E-state index in [4.69, 9.17) is 9.84 Å². The summed E-state index contributed by atoms with van der Waals surface area (Å²) in [6.07, 6.45) is 0. The molecule has 2 aromatic rings. The van der Waals surface area contributed by atoms with E-state index in [9.17, 15) is 9.18 Å². The zero-order valence-electron chi connectivity index (χ0n) is 11.1. The van der Waals surface area contributed by atoms with Crippen LogP contribution in [0.4, 0.5) is 4.39 Å². The lowest BCUT2D eigenvalue weighted by molar-refractivity contribution is 0.0696. The first-order valence-corrected chi connectivity index (χ1v) is 7.51. The van der Waals surface area contributed by atoms with Crippen LogP contribution >= 0.6 is 11.8 Å². The fraction of sp³-hybridized carbons (Fsp3) is 0.188. The average molecular weight is 304 g/mol. The van der Waals surface area contributed by atoms with Crippen molar-refractivity contribution in [2.75, 3.05) is 12.4 Å². The second-order valence-corrected chi connectivity index (χ2v) is 5.87. The van der Waals surface area contributed by atoms with Crippen LogP contribution in [0.5, 0.6) is 5.75 Å². The van der Waals surface area contributed by atoms with Crippen molar-refractivity contribution in [2.24, 2.45) is 0 Å². The number of benzene rings is 2. The van der Waals surface area contributed by atoms with Crippen molar-refractivity contribution in [3.63, 3.8) is 0 Å². The first-order valence-electron chi connectivity index (χ1n) is 6.52. The van der Waals surface area contributed by atoms with E-state index in [0.29, 0.717) is 17.3 Å². The predicted molar refractivity (Wildman–Crippen MR) is 78.8 cm³/mol. The number of thioether (sulfide) groups is 1. The van der Waals surface area contributed by atoms with Crippen molar-refractivity contribution in [1.29, 1.82) is 0 Å². The van der Waals surface area contributed by atoms with E-state index in [-0.39, 0.29) is 11.5 Å². The molecule has 1 aliphatic heterocycles. The van der Waals surface area contributed by atoms with Crippen molar-refractivity contribution in [3.05, 3.63) is 59.4 Å². The molecule has 1 unspecified atom stereocenters. The number of carboxylic acids is 1. The second-order valence-electron chi connectivity index (χ2n) is 4.81. The third-order valence-electron chi connectivity index (χ3n) is 3.42. The topological polar surface area (TPSA) is 46.5 Å². The smallest absolute Gasteiger partial charge is 0.335 e. The van der Waals surface area contributed by atoms with Gasteiger partial charge in [-0.15, -0.1) is 11.8 Å². The van der Waals surface area contributed by atoms with Crippen molar-refractivity contribution < 1.29 is 19.0 Å². The number of hydrogen-bond acceptors (Lipinski definition) is 3. The maximum Gasteiger partial charge on any atom is 0.335 e. The number of rotatable bonds is 4. The van der Waals surface area contributed by atoms with Gasteiger partial charge in [0.25, 0.3) is 0 Å². The van der Waals surface area contributed by atoms with Gasteiger partial charge in [-0.25, -0.2) is 9.18 Å². The highest BCUT2D eigenvalue weighted by molar-refractivity contribution is 7.99. The lowest BCUT2D eigenvalue weighted by Crippen LogP contribution is -2.04. The molecule has 1 atom stereocenters. The van der Waals surface area contributed by atoms with E-state index in [1.165, 1.54) is 30.0 Å². The molecule has 0 amide bonds. The molecule has 0 aromatic heterocycles. The lowest BCUT2D eigenvalue weighted by atomic mass is 10.0. The van der Waals surface area contributed by atoms with Crippen molar-refractivity contribution >= 4 is 17.7 Å². The number of para-hydroxylation sites is 1. The first kappa shape index (κ1) is 13.9. The summed E-state index contributed by atoms with van der Waals surface area (Å²) in [7, 11) is 0. The van der Waals surface area contributed by atoms with Crippen LogP contribution in [0.25, 0.3) is 0 Å². The van der Waals surface area contributed by atoms with Crippen molar-refractivity contribution in [1.82, 2.24) is 0 Å². The number of halogens is 1. The molecule has 5 heteroatoms. The van der Waals surface area contributed by atoms with Gasteiger partial charge < -0.3 is 9.84 Å². The number of fused-ring (bicyclic) bond motifs is 1. The minimum Gasteiger partial charge on any atom is -0.493 e. The molecule has 0 radical (unpaired) electrons. The van der Waals surface area contributed by atoms with Gasteiger partial charge in [0.2, 0.25) is 0 Å². The summed E-state index contributed by atoms with van der Waals surface area (Å²) in [6.45, 7) is 0.576. The van der Waals surface area contributed by atoms with Crippen LogP contribution in [-0.4, -0.2) is 23.4 Å². The highest BCUT2D eigenvalue weighted by atomic mass is 32.2. The van der Waals surface area contributed by atoms with E-state index in [2.05, 4.69) is 0 Å². The van der Waals surface area contributed by atoms with Crippen LogP contribution in [0.2, 0.25) is 0 Å². The van der Waals surface area contributed by atoms with Crippen molar-refractivity contribution in [2.45, 2.75) is 10.8 Å². The lowest BCUT2D eigenvalue weighted by Gasteiger charge is -2.09. The SMILES string of the molecule is O=C(O)c1ccc(F)c(SCC2COc3ccccc32)c1. The maximum atomic E-state index is 13.8. The summed E-state index contributed by atoms with van der Waals surface area (Å²) in [5.41, 5.74) is 1.22. The Hall–Kier alpha value is -2.01. The number of hydrogen-bond donors (Lipinski definition) is 1. The minimum atomic E-state index is -1.05. The number of ether oxygens (including phenoxy) is 1. The largest absolute Gasteiger partial charge is 0.493 e. The molecule has 1 aliphatic rings. The third-order valence-corrected chi connectivity index (χ3v) is 4.61. The minimum absolute atomic E-state index is 0.0990. The van der Waals surface area contributed by atoms with Crippen LogP contribution in [0.1, 0.15) is 21.8 Å². The monoisotopic (exact) mass is 304 g/mol. The fourth-order valence-electron chi connectivity index (χ4n) is 2.30. The van der Waals surface area contributed by atoms with Gasteiger partial charge in [0.1, 0.15) is 11.6 Å². The van der Waals surface area contributed by atoms with E-state index in [0.717, 1.165) is 11.3 Å². The van der Waals surface area contributed by atoms with E-state index in [1.54, 1.807) is 0 Å².